The predicted molar refractivity (Wildman–Crippen MR) is 105 cm³/mol. The SMILES string of the molecule is COC(=O)C1=C(C)C=C(N2CCOCC2)[C@@H](C(=O)OC)[C@@H]1c1ccc(C#N)cc1. The zero-order valence-electron chi connectivity index (χ0n) is 16.8. The Kier molecular flexibility index (Phi) is 6.35. The van der Waals surface area contributed by atoms with Crippen LogP contribution in [0.15, 0.2) is 47.2 Å². The lowest BCUT2D eigenvalue weighted by atomic mass is 9.73. The topological polar surface area (TPSA) is 88.9 Å². The summed E-state index contributed by atoms with van der Waals surface area (Å²) in [6.45, 7) is 4.29. The van der Waals surface area contributed by atoms with Gasteiger partial charge in [-0.15, -0.1) is 0 Å². The fourth-order valence-electron chi connectivity index (χ4n) is 3.99. The first-order valence-corrected chi connectivity index (χ1v) is 9.43. The van der Waals surface area contributed by atoms with E-state index in [4.69, 9.17) is 19.5 Å². The Morgan fingerprint density at radius 2 is 1.79 bits per heavy atom. The zero-order valence-corrected chi connectivity index (χ0v) is 16.8. The number of methoxy groups -OCH3 is 2. The highest BCUT2D eigenvalue weighted by Crippen LogP contribution is 2.44. The number of carbonyl (C=O) groups is 2. The van der Waals surface area contributed by atoms with Gasteiger partial charge in [-0.1, -0.05) is 12.1 Å². The van der Waals surface area contributed by atoms with Crippen molar-refractivity contribution in [2.45, 2.75) is 12.8 Å². The molecule has 1 aliphatic carbocycles. The summed E-state index contributed by atoms with van der Waals surface area (Å²) in [7, 11) is 2.67. The number of nitrogens with zero attached hydrogens (tertiary/aromatic N) is 2. The lowest BCUT2D eigenvalue weighted by Gasteiger charge is -2.40. The molecular weight excluding hydrogens is 372 g/mol. The van der Waals surface area contributed by atoms with E-state index >= 15 is 0 Å². The quantitative estimate of drug-likeness (QED) is 0.721. The first-order valence-electron chi connectivity index (χ1n) is 9.43. The van der Waals surface area contributed by atoms with Crippen LogP contribution in [0.1, 0.15) is 24.0 Å². The first-order chi connectivity index (χ1) is 14.0. The minimum atomic E-state index is -0.705. The molecule has 0 radical (unpaired) electrons. The molecule has 7 nitrogen and oxygen atoms in total. The monoisotopic (exact) mass is 396 g/mol. The molecule has 0 amide bonds. The molecule has 0 spiro atoms. The van der Waals surface area contributed by atoms with Crippen LogP contribution in [0.4, 0.5) is 0 Å². The van der Waals surface area contributed by atoms with Gasteiger partial charge in [-0.05, 0) is 36.3 Å². The summed E-state index contributed by atoms with van der Waals surface area (Å²) < 4.78 is 15.6. The average Bonchev–Trinajstić information content (AvgIpc) is 2.78. The molecule has 2 atom stereocenters. The van der Waals surface area contributed by atoms with Crippen LogP contribution in [-0.4, -0.2) is 57.4 Å². The lowest BCUT2D eigenvalue weighted by Crippen LogP contribution is -2.43. The third-order valence-electron chi connectivity index (χ3n) is 5.39. The van der Waals surface area contributed by atoms with E-state index in [2.05, 4.69) is 11.0 Å². The summed E-state index contributed by atoms with van der Waals surface area (Å²) in [5.41, 5.74) is 3.22. The smallest absolute Gasteiger partial charge is 0.334 e. The summed E-state index contributed by atoms with van der Waals surface area (Å²) in [4.78, 5) is 27.7. The van der Waals surface area contributed by atoms with Crippen molar-refractivity contribution in [1.29, 1.82) is 5.26 Å². The van der Waals surface area contributed by atoms with Crippen LogP contribution >= 0.6 is 0 Å². The van der Waals surface area contributed by atoms with Crippen LogP contribution in [0, 0.1) is 17.2 Å². The number of ether oxygens (including phenoxy) is 3. The fraction of sp³-hybridized carbons (Fsp3) is 0.409. The number of benzene rings is 1. The van der Waals surface area contributed by atoms with Crippen molar-refractivity contribution in [3.63, 3.8) is 0 Å². The van der Waals surface area contributed by atoms with Crippen LogP contribution in [0.25, 0.3) is 0 Å². The van der Waals surface area contributed by atoms with Crippen LogP contribution in [0.5, 0.6) is 0 Å². The maximum absolute atomic E-state index is 12.9. The van der Waals surface area contributed by atoms with Crippen molar-refractivity contribution in [3.8, 4) is 6.07 Å². The van der Waals surface area contributed by atoms with E-state index in [1.165, 1.54) is 14.2 Å². The van der Waals surface area contributed by atoms with Crippen molar-refractivity contribution in [2.24, 2.45) is 5.92 Å². The van der Waals surface area contributed by atoms with Crippen molar-refractivity contribution >= 4 is 11.9 Å². The van der Waals surface area contributed by atoms with Crippen molar-refractivity contribution in [3.05, 3.63) is 58.3 Å². The Labute approximate surface area is 170 Å². The van der Waals surface area contributed by atoms with E-state index in [0.29, 0.717) is 37.4 Å². The number of hydrogen-bond donors (Lipinski definition) is 0. The van der Waals surface area contributed by atoms with Gasteiger partial charge in [0, 0.05) is 30.3 Å². The summed E-state index contributed by atoms with van der Waals surface area (Å²) in [5, 5.41) is 9.11. The summed E-state index contributed by atoms with van der Waals surface area (Å²) >= 11 is 0. The van der Waals surface area contributed by atoms with Gasteiger partial charge in [-0.2, -0.15) is 5.26 Å². The van der Waals surface area contributed by atoms with Gasteiger partial charge in [-0.3, -0.25) is 4.79 Å². The molecule has 1 aliphatic heterocycles. The van der Waals surface area contributed by atoms with E-state index < -0.39 is 23.8 Å². The molecule has 7 heteroatoms. The van der Waals surface area contributed by atoms with Crippen molar-refractivity contribution in [1.82, 2.24) is 4.90 Å². The largest absolute Gasteiger partial charge is 0.468 e. The van der Waals surface area contributed by atoms with Crippen molar-refractivity contribution < 1.29 is 23.8 Å². The maximum Gasteiger partial charge on any atom is 0.334 e. The third-order valence-corrected chi connectivity index (χ3v) is 5.39. The van der Waals surface area contributed by atoms with Crippen LogP contribution in [-0.2, 0) is 23.8 Å². The number of carbonyl (C=O) groups excluding carboxylic acids is 2. The number of hydrogen-bond acceptors (Lipinski definition) is 7. The molecule has 0 unspecified atom stereocenters. The molecule has 1 fully saturated rings. The molecule has 1 aromatic rings. The number of esters is 2. The number of morpholine rings is 1. The molecule has 29 heavy (non-hydrogen) atoms. The molecule has 0 saturated carbocycles. The summed E-state index contributed by atoms with van der Waals surface area (Å²) in [5.74, 6) is -2.19. The normalized spacial score (nSPS) is 21.9. The van der Waals surface area contributed by atoms with E-state index in [1.807, 2.05) is 13.0 Å². The number of rotatable bonds is 4. The Hall–Kier alpha value is -3.11. The molecular formula is C22H24N2O5. The van der Waals surface area contributed by atoms with E-state index in [-0.39, 0.29) is 0 Å². The highest BCUT2D eigenvalue weighted by molar-refractivity contribution is 5.94. The highest BCUT2D eigenvalue weighted by atomic mass is 16.5. The Bertz CT molecular complexity index is 889. The molecule has 0 aromatic heterocycles. The molecule has 1 saturated heterocycles. The third kappa shape index (κ3) is 4.03. The number of allylic oxidation sites excluding steroid dienone is 2. The molecule has 1 aromatic carbocycles. The van der Waals surface area contributed by atoms with Gasteiger partial charge in [0.15, 0.2) is 0 Å². The van der Waals surface area contributed by atoms with Gasteiger partial charge in [0.25, 0.3) is 0 Å². The van der Waals surface area contributed by atoms with Crippen LogP contribution < -0.4 is 0 Å². The van der Waals surface area contributed by atoms with Gasteiger partial charge in [0.05, 0.1) is 39.1 Å². The first kappa shape index (κ1) is 20.6. The minimum absolute atomic E-state index is 0.421. The van der Waals surface area contributed by atoms with Gasteiger partial charge >= 0.3 is 11.9 Å². The van der Waals surface area contributed by atoms with Crippen molar-refractivity contribution in [2.75, 3.05) is 40.5 Å². The van der Waals surface area contributed by atoms with Gasteiger partial charge in [0.1, 0.15) is 5.92 Å². The maximum atomic E-state index is 12.9. The molecule has 3 rings (SSSR count). The summed E-state index contributed by atoms with van der Waals surface area (Å²) in [6.07, 6.45) is 1.87. The van der Waals surface area contributed by atoms with Crippen LogP contribution in [0.2, 0.25) is 0 Å². The Morgan fingerprint density at radius 1 is 1.14 bits per heavy atom. The second-order valence-corrected chi connectivity index (χ2v) is 6.97. The standard InChI is InChI=1S/C22H24N2O5/c1-14-12-17(24-8-10-29-11-9-24)20(22(26)28-3)19(18(14)21(25)27-2)16-6-4-15(13-23)5-7-16/h4-7,12,19-20H,8-11H2,1-3H3/t19-,20-/m1/s1. The van der Waals surface area contributed by atoms with Crippen LogP contribution in [0.3, 0.4) is 0 Å². The predicted octanol–water partition coefficient (Wildman–Crippen LogP) is 2.15. The minimum Gasteiger partial charge on any atom is -0.468 e. The van der Waals surface area contributed by atoms with Gasteiger partial charge in [0.2, 0.25) is 0 Å². The highest BCUT2D eigenvalue weighted by Gasteiger charge is 2.44. The molecule has 2 aliphatic rings. The Balaban J connectivity index is 2.18. The fourth-order valence-corrected chi connectivity index (χ4v) is 3.99. The second-order valence-electron chi connectivity index (χ2n) is 6.97. The molecule has 1 heterocycles. The van der Waals surface area contributed by atoms with Gasteiger partial charge < -0.3 is 19.1 Å². The average molecular weight is 396 g/mol. The molecule has 0 N–H and O–H groups in total. The zero-order chi connectivity index (χ0) is 21.0. The summed E-state index contributed by atoms with van der Waals surface area (Å²) in [6, 6.07) is 9.00. The van der Waals surface area contributed by atoms with E-state index in [9.17, 15) is 9.59 Å². The number of nitriles is 1. The van der Waals surface area contributed by atoms with E-state index in [1.54, 1.807) is 24.3 Å². The van der Waals surface area contributed by atoms with Gasteiger partial charge in [-0.25, -0.2) is 4.79 Å². The molecule has 152 valence electrons. The van der Waals surface area contributed by atoms with E-state index in [0.717, 1.165) is 16.8 Å². The Morgan fingerprint density at radius 3 is 2.34 bits per heavy atom. The molecule has 0 bridgehead atoms. The second kappa shape index (κ2) is 8.93. The lowest BCUT2D eigenvalue weighted by molar-refractivity contribution is -0.145.